The van der Waals surface area contributed by atoms with Crippen molar-refractivity contribution in [2.45, 2.75) is 64.3 Å². The molecule has 1 unspecified atom stereocenters. The lowest BCUT2D eigenvalue weighted by Gasteiger charge is -2.12. The summed E-state index contributed by atoms with van der Waals surface area (Å²) >= 11 is 11.9. The number of rotatable bonds is 9. The van der Waals surface area contributed by atoms with E-state index in [1.54, 1.807) is 0 Å². The summed E-state index contributed by atoms with van der Waals surface area (Å²) in [6.07, 6.45) is 9.86. The molecular formula is C16H25Cl2N. The highest BCUT2D eigenvalue weighted by atomic mass is 35.5. The van der Waals surface area contributed by atoms with E-state index in [4.69, 9.17) is 28.9 Å². The minimum atomic E-state index is 0.225. The van der Waals surface area contributed by atoms with Crippen LogP contribution < -0.4 is 5.73 Å². The van der Waals surface area contributed by atoms with E-state index in [-0.39, 0.29) is 6.04 Å². The smallest absolute Gasteiger partial charge is 0.0595 e. The lowest BCUT2D eigenvalue weighted by atomic mass is 10.0. The molecule has 0 heterocycles. The fraction of sp³-hybridized carbons (Fsp3) is 0.625. The second kappa shape index (κ2) is 9.63. The largest absolute Gasteiger partial charge is 0.327 e. The first-order chi connectivity index (χ1) is 9.13. The second-order valence-corrected chi connectivity index (χ2v) is 6.08. The molecule has 0 bridgehead atoms. The molecule has 3 heteroatoms. The minimum absolute atomic E-state index is 0.225. The summed E-state index contributed by atoms with van der Waals surface area (Å²) in [6.45, 7) is 2.24. The van der Waals surface area contributed by atoms with Gasteiger partial charge in [0.25, 0.3) is 0 Å². The zero-order valence-electron chi connectivity index (χ0n) is 11.8. The maximum atomic E-state index is 6.16. The van der Waals surface area contributed by atoms with Crippen molar-refractivity contribution in [3.63, 3.8) is 0 Å². The molecule has 0 amide bonds. The fourth-order valence-corrected chi connectivity index (χ4v) is 2.58. The third-order valence-electron chi connectivity index (χ3n) is 3.41. The number of halogens is 2. The highest BCUT2D eigenvalue weighted by Gasteiger charge is 2.06. The molecule has 0 fully saturated rings. The van der Waals surface area contributed by atoms with Crippen molar-refractivity contribution >= 4 is 23.2 Å². The normalized spacial score (nSPS) is 12.6. The maximum absolute atomic E-state index is 6.16. The Morgan fingerprint density at radius 1 is 1.00 bits per heavy atom. The fourth-order valence-electron chi connectivity index (χ4n) is 2.26. The van der Waals surface area contributed by atoms with Crippen molar-refractivity contribution in [1.82, 2.24) is 0 Å². The van der Waals surface area contributed by atoms with Crippen molar-refractivity contribution < 1.29 is 0 Å². The van der Waals surface area contributed by atoms with Gasteiger partial charge < -0.3 is 5.73 Å². The maximum Gasteiger partial charge on any atom is 0.0595 e. The van der Waals surface area contributed by atoms with Gasteiger partial charge in [0.15, 0.2) is 0 Å². The Balaban J connectivity index is 2.19. The number of nitrogens with two attached hydrogens (primary N) is 1. The van der Waals surface area contributed by atoms with E-state index in [0.717, 1.165) is 12.8 Å². The first kappa shape index (κ1) is 16.8. The number of hydrogen-bond acceptors (Lipinski definition) is 1. The average Bonchev–Trinajstić information content (AvgIpc) is 2.38. The molecule has 1 nitrogen and oxygen atoms in total. The third kappa shape index (κ3) is 7.20. The number of unbranched alkanes of at least 4 members (excludes halogenated alkanes) is 5. The Morgan fingerprint density at radius 2 is 1.68 bits per heavy atom. The van der Waals surface area contributed by atoms with E-state index in [0.29, 0.717) is 10.0 Å². The van der Waals surface area contributed by atoms with Crippen LogP contribution in [0.1, 0.15) is 57.4 Å². The highest BCUT2D eigenvalue weighted by Crippen LogP contribution is 2.23. The van der Waals surface area contributed by atoms with E-state index >= 15 is 0 Å². The predicted molar refractivity (Wildman–Crippen MR) is 86.1 cm³/mol. The van der Waals surface area contributed by atoms with Crippen molar-refractivity contribution in [2.75, 3.05) is 0 Å². The molecular weight excluding hydrogens is 277 g/mol. The molecule has 1 rings (SSSR count). The summed E-state index contributed by atoms with van der Waals surface area (Å²) in [4.78, 5) is 0. The first-order valence-electron chi connectivity index (χ1n) is 7.33. The average molecular weight is 302 g/mol. The standard InChI is InChI=1S/C16H25Cl2N/c1-2-3-4-5-6-7-8-14(19)11-13-9-10-15(17)16(18)12-13/h9-10,12,14H,2-8,11,19H2,1H3. The van der Waals surface area contributed by atoms with Crippen LogP contribution in [-0.2, 0) is 6.42 Å². The lowest BCUT2D eigenvalue weighted by Crippen LogP contribution is -2.22. The Labute approximate surface area is 127 Å². The van der Waals surface area contributed by atoms with Crippen LogP contribution in [0, 0.1) is 0 Å². The summed E-state index contributed by atoms with van der Waals surface area (Å²) in [6, 6.07) is 6.00. The van der Waals surface area contributed by atoms with Crippen molar-refractivity contribution in [3.05, 3.63) is 33.8 Å². The molecule has 0 aliphatic carbocycles. The molecule has 19 heavy (non-hydrogen) atoms. The molecule has 1 atom stereocenters. The van der Waals surface area contributed by atoms with Gasteiger partial charge in [-0.15, -0.1) is 0 Å². The molecule has 1 aromatic carbocycles. The van der Waals surface area contributed by atoms with Crippen LogP contribution in [-0.4, -0.2) is 6.04 Å². The molecule has 0 aliphatic rings. The van der Waals surface area contributed by atoms with E-state index in [2.05, 4.69) is 6.92 Å². The zero-order chi connectivity index (χ0) is 14.1. The van der Waals surface area contributed by atoms with Crippen LogP contribution >= 0.6 is 23.2 Å². The first-order valence-corrected chi connectivity index (χ1v) is 8.08. The molecule has 0 saturated carbocycles. The van der Waals surface area contributed by atoms with Gasteiger partial charge in [-0.3, -0.25) is 0 Å². The van der Waals surface area contributed by atoms with Crippen LogP contribution in [0.3, 0.4) is 0 Å². The second-order valence-electron chi connectivity index (χ2n) is 5.27. The summed E-state index contributed by atoms with van der Waals surface area (Å²) in [5.41, 5.74) is 7.33. The van der Waals surface area contributed by atoms with Crippen LogP contribution in [0.25, 0.3) is 0 Å². The summed E-state index contributed by atoms with van der Waals surface area (Å²) in [5, 5.41) is 1.22. The van der Waals surface area contributed by atoms with Gasteiger partial charge in [0.1, 0.15) is 0 Å². The van der Waals surface area contributed by atoms with Gasteiger partial charge >= 0.3 is 0 Å². The van der Waals surface area contributed by atoms with Crippen molar-refractivity contribution in [1.29, 1.82) is 0 Å². The summed E-state index contributed by atoms with van der Waals surface area (Å²) in [5.74, 6) is 0. The molecule has 2 N–H and O–H groups in total. The van der Waals surface area contributed by atoms with Gasteiger partial charge in [-0.2, -0.15) is 0 Å². The number of hydrogen-bond donors (Lipinski definition) is 1. The van der Waals surface area contributed by atoms with E-state index in [1.807, 2.05) is 18.2 Å². The quantitative estimate of drug-likeness (QED) is 0.589. The Hall–Kier alpha value is -0.240. The van der Waals surface area contributed by atoms with Gasteiger partial charge in [-0.25, -0.2) is 0 Å². The Bertz CT molecular complexity index is 366. The summed E-state index contributed by atoms with van der Waals surface area (Å²) < 4.78 is 0. The van der Waals surface area contributed by atoms with Crippen LogP contribution in [0.5, 0.6) is 0 Å². The zero-order valence-corrected chi connectivity index (χ0v) is 13.3. The summed E-state index contributed by atoms with van der Waals surface area (Å²) in [7, 11) is 0. The van der Waals surface area contributed by atoms with Gasteiger partial charge in [-0.05, 0) is 30.5 Å². The lowest BCUT2D eigenvalue weighted by molar-refractivity contribution is 0.532. The molecule has 1 aromatic rings. The Kier molecular flexibility index (Phi) is 8.52. The third-order valence-corrected chi connectivity index (χ3v) is 4.15. The minimum Gasteiger partial charge on any atom is -0.327 e. The Morgan fingerprint density at radius 3 is 2.37 bits per heavy atom. The van der Waals surface area contributed by atoms with Crippen LogP contribution in [0.2, 0.25) is 10.0 Å². The number of benzene rings is 1. The SMILES string of the molecule is CCCCCCCCC(N)Cc1ccc(Cl)c(Cl)c1. The van der Waals surface area contributed by atoms with Gasteiger partial charge in [-0.1, -0.05) is 74.7 Å². The topological polar surface area (TPSA) is 26.0 Å². The van der Waals surface area contributed by atoms with Crippen molar-refractivity contribution in [2.24, 2.45) is 5.73 Å². The van der Waals surface area contributed by atoms with Crippen molar-refractivity contribution in [3.8, 4) is 0 Å². The van der Waals surface area contributed by atoms with E-state index in [1.165, 1.54) is 44.1 Å². The van der Waals surface area contributed by atoms with Gasteiger partial charge in [0, 0.05) is 6.04 Å². The predicted octanol–water partition coefficient (Wildman–Crippen LogP) is 5.61. The molecule has 108 valence electrons. The highest BCUT2D eigenvalue weighted by molar-refractivity contribution is 6.42. The molecule has 0 aliphatic heterocycles. The molecule has 0 radical (unpaired) electrons. The van der Waals surface area contributed by atoms with Crippen LogP contribution in [0.4, 0.5) is 0 Å². The van der Waals surface area contributed by atoms with Gasteiger partial charge in [0.2, 0.25) is 0 Å². The monoisotopic (exact) mass is 301 g/mol. The van der Waals surface area contributed by atoms with Crippen LogP contribution in [0.15, 0.2) is 18.2 Å². The molecule has 0 spiro atoms. The van der Waals surface area contributed by atoms with E-state index in [9.17, 15) is 0 Å². The van der Waals surface area contributed by atoms with E-state index < -0.39 is 0 Å². The molecule has 0 saturated heterocycles. The molecule has 0 aromatic heterocycles. The van der Waals surface area contributed by atoms with Gasteiger partial charge in [0.05, 0.1) is 10.0 Å².